The molecular formula is C34H43N5O6S. The van der Waals surface area contributed by atoms with Gasteiger partial charge < -0.3 is 30.1 Å². The molecule has 6 rings (SSSR count). The molecule has 3 N–H and O–H groups in total. The summed E-state index contributed by atoms with van der Waals surface area (Å²) < 4.78 is 6.95. The molecule has 0 bridgehead atoms. The second-order valence-corrected chi connectivity index (χ2v) is 14.0. The number of nitrogens with zero attached hydrogens (tertiary/aromatic N) is 4. The summed E-state index contributed by atoms with van der Waals surface area (Å²) in [6, 6.07) is 11.8. The molecular weight excluding hydrogens is 606 g/mol. The Labute approximate surface area is 272 Å². The van der Waals surface area contributed by atoms with E-state index in [2.05, 4.69) is 29.2 Å². The van der Waals surface area contributed by atoms with Gasteiger partial charge in [-0.15, -0.1) is 11.3 Å². The standard InChI is InChI=1S/C34H43N5O6S/c1-21-8-10-23(11-9-21)34(44)39(24-12-14-37(2)15-13-24)25-16-28(22-6-4-3-5-7-22)46-32(25)33(43)36-29-19-38(30(42)18-35-29)31-17-26(41)27(20-40)45-31/h3-7,16,18-19,21,23-24,26-27,31,40-41H,8-15,17,20H2,1-2H3,(H,36,43)/t21?,23?,26-,27+,31+/m0/s1. The number of carbonyl (C=O) groups excluding carboxylic acids is 2. The third-order valence-electron chi connectivity index (χ3n) is 9.66. The second-order valence-electron chi connectivity index (χ2n) is 13.0. The molecule has 1 aromatic carbocycles. The average molecular weight is 650 g/mol. The molecule has 2 amide bonds. The van der Waals surface area contributed by atoms with Crippen LogP contribution in [0.2, 0.25) is 0 Å². The van der Waals surface area contributed by atoms with Crippen LogP contribution in [0.5, 0.6) is 0 Å². The number of ether oxygens (including phenoxy) is 1. The van der Waals surface area contributed by atoms with Crippen molar-refractivity contribution in [2.75, 3.05) is 37.0 Å². The van der Waals surface area contributed by atoms with E-state index in [-0.39, 0.29) is 36.7 Å². The fourth-order valence-electron chi connectivity index (χ4n) is 6.85. The molecule has 1 saturated carbocycles. The maximum atomic E-state index is 14.5. The number of hydrogen-bond donors (Lipinski definition) is 3. The molecule has 11 nitrogen and oxygen atoms in total. The number of aromatic nitrogens is 2. The summed E-state index contributed by atoms with van der Waals surface area (Å²) in [5.74, 6) is 0.324. The van der Waals surface area contributed by atoms with Crippen LogP contribution in [-0.4, -0.2) is 81.5 Å². The Morgan fingerprint density at radius 3 is 2.50 bits per heavy atom. The summed E-state index contributed by atoms with van der Waals surface area (Å²) in [4.78, 5) is 50.9. The number of anilines is 2. The first kappa shape index (κ1) is 32.5. The van der Waals surface area contributed by atoms with Gasteiger partial charge in [0, 0.05) is 23.3 Å². The molecule has 2 aromatic heterocycles. The van der Waals surface area contributed by atoms with E-state index < -0.39 is 29.9 Å². The van der Waals surface area contributed by atoms with Gasteiger partial charge in [0.25, 0.3) is 11.5 Å². The van der Waals surface area contributed by atoms with Crippen LogP contribution in [0.1, 0.15) is 67.8 Å². The van der Waals surface area contributed by atoms with Gasteiger partial charge in [0.2, 0.25) is 5.91 Å². The summed E-state index contributed by atoms with van der Waals surface area (Å²) in [5.41, 5.74) is 1.11. The zero-order valence-electron chi connectivity index (χ0n) is 26.4. The van der Waals surface area contributed by atoms with Crippen molar-refractivity contribution in [3.8, 4) is 10.4 Å². The summed E-state index contributed by atoms with van der Waals surface area (Å²) in [7, 11) is 2.09. The Morgan fingerprint density at radius 2 is 1.83 bits per heavy atom. The monoisotopic (exact) mass is 649 g/mol. The number of rotatable bonds is 8. The Morgan fingerprint density at radius 1 is 1.11 bits per heavy atom. The molecule has 0 radical (unpaired) electrons. The van der Waals surface area contributed by atoms with Gasteiger partial charge in [-0.2, -0.15) is 0 Å². The van der Waals surface area contributed by atoms with Gasteiger partial charge in [0.1, 0.15) is 23.0 Å². The van der Waals surface area contributed by atoms with E-state index >= 15 is 0 Å². The number of benzene rings is 1. The van der Waals surface area contributed by atoms with Gasteiger partial charge in [-0.25, -0.2) is 4.98 Å². The van der Waals surface area contributed by atoms with Gasteiger partial charge in [0.05, 0.1) is 30.8 Å². The van der Waals surface area contributed by atoms with Crippen LogP contribution in [0.15, 0.2) is 53.6 Å². The van der Waals surface area contributed by atoms with Crippen molar-refractivity contribution in [3.63, 3.8) is 0 Å². The second kappa shape index (κ2) is 14.1. The number of thiophene rings is 1. The minimum Gasteiger partial charge on any atom is -0.394 e. The molecule has 3 aromatic rings. The van der Waals surface area contributed by atoms with Crippen LogP contribution < -0.4 is 15.8 Å². The van der Waals surface area contributed by atoms with Crippen molar-refractivity contribution in [1.29, 1.82) is 0 Å². The average Bonchev–Trinajstić information content (AvgIpc) is 3.67. The van der Waals surface area contributed by atoms with Crippen LogP contribution in [0.25, 0.3) is 10.4 Å². The molecule has 2 aliphatic heterocycles. The Bertz CT molecular complexity index is 1580. The van der Waals surface area contributed by atoms with E-state index in [4.69, 9.17) is 4.74 Å². The van der Waals surface area contributed by atoms with Crippen molar-refractivity contribution in [3.05, 3.63) is 64.0 Å². The lowest BCUT2D eigenvalue weighted by Crippen LogP contribution is -2.49. The first-order valence-electron chi connectivity index (χ1n) is 16.3. The normalized spacial score (nSPS) is 25.8. The van der Waals surface area contributed by atoms with Crippen LogP contribution in [-0.2, 0) is 9.53 Å². The number of hydrogen-bond acceptors (Lipinski definition) is 9. The third kappa shape index (κ3) is 6.96. The zero-order chi connectivity index (χ0) is 32.4. The van der Waals surface area contributed by atoms with Crippen molar-refractivity contribution < 1.29 is 24.5 Å². The number of aliphatic hydroxyl groups excluding tert-OH is 2. The predicted octanol–water partition coefficient (Wildman–Crippen LogP) is 4.12. The number of nitrogens with one attached hydrogen (secondary N) is 1. The molecule has 4 heterocycles. The zero-order valence-corrected chi connectivity index (χ0v) is 27.2. The number of amides is 2. The maximum Gasteiger partial charge on any atom is 0.271 e. The lowest BCUT2D eigenvalue weighted by atomic mass is 9.82. The van der Waals surface area contributed by atoms with E-state index in [1.165, 1.54) is 22.1 Å². The summed E-state index contributed by atoms with van der Waals surface area (Å²) in [6.45, 7) is 3.60. The lowest BCUT2D eigenvalue weighted by Gasteiger charge is -2.40. The highest BCUT2D eigenvalue weighted by molar-refractivity contribution is 7.18. The molecule has 0 unspecified atom stereocenters. The first-order chi connectivity index (χ1) is 22.2. The van der Waals surface area contributed by atoms with E-state index in [9.17, 15) is 24.6 Å². The SMILES string of the molecule is CC1CCC(C(=O)N(c2cc(-c3ccccc3)sc2C(=O)Nc2cn([C@H]3C[C@H](O)[C@@H](CO)O3)c(=O)cn2)C2CCN(C)CC2)CC1. The highest BCUT2D eigenvalue weighted by Crippen LogP contribution is 2.41. The van der Waals surface area contributed by atoms with Crippen LogP contribution in [0.3, 0.4) is 0 Å². The summed E-state index contributed by atoms with van der Waals surface area (Å²) in [6.07, 6.45) is 5.45. The lowest BCUT2D eigenvalue weighted by molar-refractivity contribution is -0.124. The Kier molecular flexibility index (Phi) is 10.00. The molecule has 3 atom stereocenters. The van der Waals surface area contributed by atoms with Gasteiger partial charge in [-0.1, -0.05) is 37.3 Å². The largest absolute Gasteiger partial charge is 0.394 e. The fourth-order valence-corrected chi connectivity index (χ4v) is 7.90. The van der Waals surface area contributed by atoms with E-state index in [1.54, 1.807) is 0 Å². The van der Waals surface area contributed by atoms with Gasteiger partial charge in [0.15, 0.2) is 0 Å². The quantitative estimate of drug-likeness (QED) is 0.332. The fraction of sp³-hybridized carbons (Fsp3) is 0.529. The smallest absolute Gasteiger partial charge is 0.271 e. The van der Waals surface area contributed by atoms with Gasteiger partial charge in [-0.3, -0.25) is 19.0 Å². The first-order valence-corrected chi connectivity index (χ1v) is 17.1. The van der Waals surface area contributed by atoms with Crippen molar-refractivity contribution >= 4 is 34.7 Å². The van der Waals surface area contributed by atoms with Gasteiger partial charge in [-0.05, 0) is 76.2 Å². The molecule has 1 aliphatic carbocycles. The van der Waals surface area contributed by atoms with Crippen molar-refractivity contribution in [2.45, 2.75) is 76.3 Å². The highest BCUT2D eigenvalue weighted by atomic mass is 32.1. The molecule has 46 heavy (non-hydrogen) atoms. The molecule has 12 heteroatoms. The van der Waals surface area contributed by atoms with E-state index in [0.717, 1.165) is 68.3 Å². The highest BCUT2D eigenvalue weighted by Gasteiger charge is 2.38. The summed E-state index contributed by atoms with van der Waals surface area (Å²) >= 11 is 1.34. The molecule has 0 spiro atoms. The molecule has 246 valence electrons. The minimum absolute atomic E-state index is 0.0294. The number of piperidine rings is 1. The molecule has 2 saturated heterocycles. The van der Waals surface area contributed by atoms with E-state index in [1.807, 2.05) is 41.3 Å². The predicted molar refractivity (Wildman–Crippen MR) is 177 cm³/mol. The maximum absolute atomic E-state index is 14.5. The number of likely N-dealkylation sites (tertiary alicyclic amines) is 1. The van der Waals surface area contributed by atoms with Crippen molar-refractivity contribution in [2.24, 2.45) is 11.8 Å². The summed E-state index contributed by atoms with van der Waals surface area (Å²) in [5, 5.41) is 22.6. The topological polar surface area (TPSA) is 137 Å². The Balaban J connectivity index is 1.36. The molecule has 3 aliphatic rings. The third-order valence-corrected chi connectivity index (χ3v) is 10.8. The Hall–Kier alpha value is -3.42. The van der Waals surface area contributed by atoms with Crippen molar-refractivity contribution in [1.82, 2.24) is 14.5 Å². The van der Waals surface area contributed by atoms with Crippen LogP contribution in [0.4, 0.5) is 11.5 Å². The van der Waals surface area contributed by atoms with E-state index in [0.29, 0.717) is 16.5 Å². The minimum atomic E-state index is -0.923. The van der Waals surface area contributed by atoms with Crippen LogP contribution in [0, 0.1) is 11.8 Å². The molecule has 3 fully saturated rings. The van der Waals surface area contributed by atoms with Crippen LogP contribution >= 0.6 is 11.3 Å². The number of aliphatic hydroxyl groups is 2. The van der Waals surface area contributed by atoms with Gasteiger partial charge >= 0.3 is 0 Å². The number of carbonyl (C=O) groups is 2.